The van der Waals surface area contributed by atoms with Gasteiger partial charge in [-0.15, -0.1) is 0 Å². The predicted octanol–water partition coefficient (Wildman–Crippen LogP) is 7.39. The van der Waals surface area contributed by atoms with Crippen LogP contribution in [0.1, 0.15) is 53.1 Å². The maximum Gasteiger partial charge on any atom is 0.335 e. The normalized spacial score (nSPS) is 26.2. The fraction of sp³-hybridized carbons (Fsp3) is 0.206. The van der Waals surface area contributed by atoms with E-state index in [9.17, 15) is 9.90 Å². The number of hydrogen-bond acceptors (Lipinski definition) is 4. The Morgan fingerprint density at radius 1 is 0.897 bits per heavy atom. The average molecular weight is 512 g/mol. The molecule has 0 bridgehead atoms. The van der Waals surface area contributed by atoms with Crippen molar-refractivity contribution in [1.29, 1.82) is 0 Å². The van der Waals surface area contributed by atoms with Crippen LogP contribution in [0.4, 0.5) is 5.69 Å². The van der Waals surface area contributed by atoms with Crippen molar-refractivity contribution in [3.8, 4) is 0 Å². The van der Waals surface area contributed by atoms with Gasteiger partial charge in [0.15, 0.2) is 0 Å². The minimum atomic E-state index is -0.938. The lowest BCUT2D eigenvalue weighted by molar-refractivity contribution is 0.0686. The molecule has 2 heterocycles. The Balaban J connectivity index is 1.37. The zero-order valence-electron chi connectivity index (χ0n) is 21.6. The largest absolute Gasteiger partial charge is 0.478 e. The number of carboxylic acid groups (broad SMARTS) is 1. The fourth-order valence-corrected chi connectivity index (χ4v) is 6.74. The lowest BCUT2D eigenvalue weighted by Gasteiger charge is -2.53. The van der Waals surface area contributed by atoms with E-state index >= 15 is 0 Å². The molecule has 3 aromatic rings. The van der Waals surface area contributed by atoms with Crippen molar-refractivity contribution in [2.45, 2.75) is 37.3 Å². The van der Waals surface area contributed by atoms with Crippen molar-refractivity contribution in [1.82, 2.24) is 4.90 Å². The van der Waals surface area contributed by atoms with E-state index < -0.39 is 5.97 Å². The molecule has 0 saturated heterocycles. The first-order valence-electron chi connectivity index (χ1n) is 13.7. The molecule has 5 heteroatoms. The zero-order valence-corrected chi connectivity index (χ0v) is 21.6. The number of hydrogen-bond donors (Lipinski definition) is 1. The molecule has 0 aromatic heterocycles. The summed E-state index contributed by atoms with van der Waals surface area (Å²) >= 11 is 0. The number of carbonyl (C=O) groups is 1. The first kappa shape index (κ1) is 23.6. The molecule has 5 nitrogen and oxygen atoms in total. The Kier molecular flexibility index (Phi) is 5.66. The van der Waals surface area contributed by atoms with Crippen LogP contribution in [0.3, 0.4) is 0 Å². The van der Waals surface area contributed by atoms with Crippen LogP contribution in [-0.2, 0) is 0 Å². The number of aliphatic imine (C=N–C) groups is 2. The van der Waals surface area contributed by atoms with Crippen LogP contribution >= 0.6 is 0 Å². The molecule has 4 aliphatic rings. The van der Waals surface area contributed by atoms with Gasteiger partial charge in [-0.25, -0.2) is 9.79 Å². The summed E-state index contributed by atoms with van der Waals surface area (Å²) < 4.78 is 0. The maximum atomic E-state index is 11.3. The molecular weight excluding hydrogens is 482 g/mol. The number of allylic oxidation sites excluding steroid dienone is 4. The summed E-state index contributed by atoms with van der Waals surface area (Å²) in [7, 11) is 0. The van der Waals surface area contributed by atoms with Crippen molar-refractivity contribution >= 4 is 28.8 Å². The molecular formula is C34H29N3O2. The molecule has 1 fully saturated rings. The minimum Gasteiger partial charge on any atom is -0.478 e. The quantitative estimate of drug-likeness (QED) is 0.371. The molecule has 2 aliphatic carbocycles. The average Bonchev–Trinajstić information content (AvgIpc) is 3.30. The van der Waals surface area contributed by atoms with Gasteiger partial charge in [-0.2, -0.15) is 0 Å². The summed E-state index contributed by atoms with van der Waals surface area (Å²) in [5.41, 5.74) is 7.32. The molecule has 0 amide bonds. The van der Waals surface area contributed by atoms with E-state index in [1.807, 2.05) is 6.08 Å². The van der Waals surface area contributed by atoms with Gasteiger partial charge in [-0.05, 0) is 72.9 Å². The molecule has 7 rings (SSSR count). The van der Waals surface area contributed by atoms with E-state index in [1.54, 1.807) is 24.3 Å². The highest BCUT2D eigenvalue weighted by Gasteiger charge is 2.56. The predicted molar refractivity (Wildman–Crippen MR) is 155 cm³/mol. The summed E-state index contributed by atoms with van der Waals surface area (Å²) in [5, 5.41) is 9.23. The van der Waals surface area contributed by atoms with Gasteiger partial charge in [-0.1, -0.05) is 73.2 Å². The monoisotopic (exact) mass is 511 g/mol. The topological polar surface area (TPSA) is 65.3 Å². The van der Waals surface area contributed by atoms with Crippen LogP contribution in [0.5, 0.6) is 0 Å². The van der Waals surface area contributed by atoms with E-state index in [4.69, 9.17) is 9.98 Å². The molecule has 0 radical (unpaired) electrons. The van der Waals surface area contributed by atoms with Crippen molar-refractivity contribution in [2.24, 2.45) is 15.9 Å². The fourth-order valence-electron chi connectivity index (χ4n) is 6.74. The highest BCUT2D eigenvalue weighted by Crippen LogP contribution is 2.57. The number of rotatable bonds is 4. The third-order valence-electron chi connectivity index (χ3n) is 8.44. The van der Waals surface area contributed by atoms with Gasteiger partial charge < -0.3 is 10.0 Å². The molecule has 39 heavy (non-hydrogen) atoms. The van der Waals surface area contributed by atoms with Gasteiger partial charge in [0.25, 0.3) is 0 Å². The summed E-state index contributed by atoms with van der Waals surface area (Å²) in [5.74, 6) is -0.280. The summed E-state index contributed by atoms with van der Waals surface area (Å²) in [6.07, 6.45) is 13.3. The molecule has 2 aliphatic heterocycles. The Labute approximate surface area is 228 Å². The molecule has 3 atom stereocenters. The lowest BCUT2D eigenvalue weighted by Crippen LogP contribution is -2.54. The summed E-state index contributed by atoms with van der Waals surface area (Å²) in [6.45, 7) is 0. The molecule has 3 aromatic carbocycles. The van der Waals surface area contributed by atoms with Gasteiger partial charge in [0.2, 0.25) is 0 Å². The van der Waals surface area contributed by atoms with E-state index in [0.717, 1.165) is 42.1 Å². The van der Waals surface area contributed by atoms with E-state index in [1.165, 1.54) is 23.2 Å². The highest BCUT2D eigenvalue weighted by molar-refractivity contribution is 6.23. The van der Waals surface area contributed by atoms with Crippen molar-refractivity contribution in [3.63, 3.8) is 0 Å². The highest BCUT2D eigenvalue weighted by atomic mass is 16.4. The van der Waals surface area contributed by atoms with Gasteiger partial charge >= 0.3 is 5.97 Å². The van der Waals surface area contributed by atoms with E-state index in [2.05, 4.69) is 83.8 Å². The van der Waals surface area contributed by atoms with Crippen molar-refractivity contribution in [3.05, 3.63) is 132 Å². The van der Waals surface area contributed by atoms with Gasteiger partial charge in [0.1, 0.15) is 5.66 Å². The minimum absolute atomic E-state index is 0.255. The second-order valence-corrected chi connectivity index (χ2v) is 10.7. The molecule has 1 spiro atoms. The Morgan fingerprint density at radius 3 is 2.38 bits per heavy atom. The molecule has 1 saturated carbocycles. The molecule has 192 valence electrons. The lowest BCUT2D eigenvalue weighted by atomic mass is 9.66. The van der Waals surface area contributed by atoms with Crippen LogP contribution in [-0.4, -0.2) is 33.1 Å². The first-order valence-corrected chi connectivity index (χ1v) is 13.7. The summed E-state index contributed by atoms with van der Waals surface area (Å²) in [4.78, 5) is 24.1. The van der Waals surface area contributed by atoms with Crippen molar-refractivity contribution < 1.29 is 9.90 Å². The van der Waals surface area contributed by atoms with Crippen molar-refractivity contribution in [2.75, 3.05) is 0 Å². The number of fused-ring (bicyclic) bond motifs is 2. The second kappa shape index (κ2) is 9.35. The third-order valence-corrected chi connectivity index (χ3v) is 8.44. The van der Waals surface area contributed by atoms with Crippen LogP contribution < -0.4 is 0 Å². The first-order chi connectivity index (χ1) is 19.1. The van der Waals surface area contributed by atoms with Crippen LogP contribution in [0.25, 0.3) is 5.70 Å². The Hall–Kier alpha value is -4.51. The van der Waals surface area contributed by atoms with Crippen LogP contribution in [0.15, 0.2) is 125 Å². The number of aromatic carboxylic acids is 1. The second-order valence-electron chi connectivity index (χ2n) is 10.7. The Morgan fingerprint density at radius 2 is 1.64 bits per heavy atom. The van der Waals surface area contributed by atoms with Crippen LogP contribution in [0, 0.1) is 5.92 Å². The van der Waals surface area contributed by atoms with Crippen LogP contribution in [0.2, 0.25) is 0 Å². The third kappa shape index (κ3) is 3.97. The number of benzene rings is 3. The summed E-state index contributed by atoms with van der Waals surface area (Å²) in [6, 6.07) is 28.3. The van der Waals surface area contributed by atoms with Gasteiger partial charge in [0, 0.05) is 17.5 Å². The zero-order chi connectivity index (χ0) is 26.4. The maximum absolute atomic E-state index is 11.3. The van der Waals surface area contributed by atoms with Gasteiger partial charge in [0.05, 0.1) is 28.4 Å². The van der Waals surface area contributed by atoms with E-state index in [0.29, 0.717) is 5.92 Å². The Bertz CT molecular complexity index is 1580. The van der Waals surface area contributed by atoms with E-state index in [-0.39, 0.29) is 17.1 Å². The smallest absolute Gasteiger partial charge is 0.335 e. The SMILES string of the molecule is O=C(O)c1ccc(N=C2C=CC3=N[C@@]45CCCC[C@@H]4[C@@H](c4ccccc4)C=C(c4ccccc4)N5C3=C2)cc1. The number of nitrogens with zero attached hydrogens (tertiary/aromatic N) is 3. The molecule has 1 N–H and O–H groups in total. The molecule has 0 unspecified atom stereocenters. The van der Waals surface area contributed by atoms with Gasteiger partial charge in [-0.3, -0.25) is 4.99 Å². The standard InChI is InChI=1S/C34H29N3O2/c38-33(39)25-14-16-26(17-15-25)35-27-18-19-30-32(21-27)37-31(24-11-5-2-6-12-24)22-28(23-9-3-1-4-10-23)29-13-7-8-20-34(29,37)36-30/h1-6,9-12,14-19,21-22,28-29H,7-8,13,20H2,(H,38,39)/t28-,29-,34-/m1/s1. The number of carboxylic acids is 1.